The van der Waals surface area contributed by atoms with Crippen LogP contribution in [-0.2, 0) is 16.1 Å². The number of methoxy groups -OCH3 is 1. The Morgan fingerprint density at radius 2 is 2.05 bits per heavy atom. The Bertz CT molecular complexity index is 1230. The number of nitrogens with zero attached hydrogens (tertiary/aromatic N) is 1. The summed E-state index contributed by atoms with van der Waals surface area (Å²) in [5.41, 5.74) is 2.57. The average molecular weight is 511 g/mol. The average Bonchev–Trinajstić information content (AvgIpc) is 3.53. The third-order valence-electron chi connectivity index (χ3n) is 6.40. The van der Waals surface area contributed by atoms with E-state index in [9.17, 15) is 24.6 Å². The lowest BCUT2D eigenvalue weighted by Gasteiger charge is -2.40. The van der Waals surface area contributed by atoms with Crippen LogP contribution in [0.25, 0.3) is 0 Å². The number of fused-ring (bicyclic) bond motifs is 3. The van der Waals surface area contributed by atoms with E-state index in [1.807, 2.05) is 0 Å². The predicted octanol–water partition coefficient (Wildman–Crippen LogP) is 1.72. The Labute approximate surface area is 214 Å². The maximum absolute atomic E-state index is 13.3. The Morgan fingerprint density at radius 3 is 2.68 bits per heavy atom. The summed E-state index contributed by atoms with van der Waals surface area (Å²) in [5, 5.41) is 23.5. The molecular formula is C27H30N2O8. The molecule has 0 radical (unpaired) electrons. The predicted molar refractivity (Wildman–Crippen MR) is 132 cm³/mol. The number of furan rings is 1. The van der Waals surface area contributed by atoms with Crippen molar-refractivity contribution >= 4 is 18.1 Å². The van der Waals surface area contributed by atoms with Gasteiger partial charge < -0.3 is 34.3 Å². The molecule has 1 aliphatic heterocycles. The SMILES string of the molecule is COc1cc(C=O)cc2c1OC1C2C(C(=O)NCCO)=CC(N(Cc2ccoc2)C(=O)C=C(C)C)C1O. The summed E-state index contributed by atoms with van der Waals surface area (Å²) in [7, 11) is 1.43. The van der Waals surface area contributed by atoms with Crippen molar-refractivity contribution in [1.29, 1.82) is 0 Å². The fourth-order valence-electron chi connectivity index (χ4n) is 4.80. The minimum absolute atomic E-state index is 0.0155. The number of hydrogen-bond donors (Lipinski definition) is 3. The molecule has 4 atom stereocenters. The first kappa shape index (κ1) is 26.2. The number of nitrogens with one attached hydrogen (secondary N) is 1. The van der Waals surface area contributed by atoms with Gasteiger partial charge in [0, 0.05) is 41.4 Å². The van der Waals surface area contributed by atoms with Crippen molar-refractivity contribution in [2.75, 3.05) is 20.3 Å². The van der Waals surface area contributed by atoms with Crippen LogP contribution in [0.3, 0.4) is 0 Å². The van der Waals surface area contributed by atoms with Gasteiger partial charge in [-0.05, 0) is 38.1 Å². The molecule has 0 saturated heterocycles. The number of hydrogen-bond acceptors (Lipinski definition) is 8. The number of aldehydes is 1. The van der Waals surface area contributed by atoms with Gasteiger partial charge in [-0.25, -0.2) is 0 Å². The van der Waals surface area contributed by atoms with Crippen LogP contribution < -0.4 is 14.8 Å². The number of ether oxygens (including phenoxy) is 2. The largest absolute Gasteiger partial charge is 0.493 e. The quantitative estimate of drug-likeness (QED) is 0.342. The van der Waals surface area contributed by atoms with Crippen LogP contribution in [0.5, 0.6) is 11.5 Å². The number of aliphatic hydroxyl groups is 2. The minimum atomic E-state index is -1.22. The molecule has 196 valence electrons. The van der Waals surface area contributed by atoms with Crippen molar-refractivity contribution < 1.29 is 38.5 Å². The summed E-state index contributed by atoms with van der Waals surface area (Å²) in [6, 6.07) is 3.91. The van der Waals surface area contributed by atoms with Gasteiger partial charge in [0.2, 0.25) is 11.8 Å². The third kappa shape index (κ3) is 5.16. The smallest absolute Gasteiger partial charge is 0.247 e. The molecule has 3 N–H and O–H groups in total. The topological polar surface area (TPSA) is 139 Å². The molecule has 2 aliphatic rings. The number of rotatable bonds is 9. The molecule has 0 saturated carbocycles. The van der Waals surface area contributed by atoms with Crippen molar-refractivity contribution in [3.63, 3.8) is 0 Å². The molecule has 0 fully saturated rings. The monoisotopic (exact) mass is 510 g/mol. The summed E-state index contributed by atoms with van der Waals surface area (Å²) < 4.78 is 16.8. The molecule has 10 nitrogen and oxygen atoms in total. The number of aliphatic hydroxyl groups excluding tert-OH is 2. The van der Waals surface area contributed by atoms with Gasteiger partial charge in [-0.15, -0.1) is 0 Å². The maximum Gasteiger partial charge on any atom is 0.247 e. The first-order chi connectivity index (χ1) is 17.8. The van der Waals surface area contributed by atoms with Crippen molar-refractivity contribution in [3.8, 4) is 11.5 Å². The normalized spacial score (nSPS) is 21.6. The van der Waals surface area contributed by atoms with E-state index in [0.29, 0.717) is 34.5 Å². The highest BCUT2D eigenvalue weighted by molar-refractivity contribution is 5.97. The molecule has 1 aromatic carbocycles. The van der Waals surface area contributed by atoms with Crippen molar-refractivity contribution in [2.24, 2.45) is 0 Å². The third-order valence-corrected chi connectivity index (χ3v) is 6.40. The minimum Gasteiger partial charge on any atom is -0.493 e. The highest BCUT2D eigenvalue weighted by Crippen LogP contribution is 2.51. The van der Waals surface area contributed by atoms with Crippen LogP contribution >= 0.6 is 0 Å². The summed E-state index contributed by atoms with van der Waals surface area (Å²) in [4.78, 5) is 39.7. The van der Waals surface area contributed by atoms with Crippen molar-refractivity contribution in [3.05, 3.63) is 70.7 Å². The summed E-state index contributed by atoms with van der Waals surface area (Å²) in [5.74, 6) is -0.954. The van der Waals surface area contributed by atoms with E-state index in [2.05, 4.69) is 5.32 Å². The fraction of sp³-hybridized carbons (Fsp3) is 0.370. The lowest BCUT2D eigenvalue weighted by atomic mass is 9.77. The highest BCUT2D eigenvalue weighted by Gasteiger charge is 2.51. The van der Waals surface area contributed by atoms with Gasteiger partial charge in [0.1, 0.15) is 18.5 Å². The second kappa shape index (κ2) is 11.0. The summed E-state index contributed by atoms with van der Waals surface area (Å²) >= 11 is 0. The standard InChI is InChI=1S/C27H30N2O8/c1-15(2)8-22(32)29(12-16-4-7-36-14-16)20-11-19(27(34)28-5-6-30)23-18-9-17(13-31)10-21(35-3)25(18)37-26(23)24(20)33/h4,7-11,13-14,20,23-24,26,30,33H,5-6,12H2,1-3H3,(H,28,34). The summed E-state index contributed by atoms with van der Waals surface area (Å²) in [6.45, 7) is 3.45. The molecule has 0 spiro atoms. The number of allylic oxidation sites excluding steroid dienone is 1. The van der Waals surface area contributed by atoms with E-state index in [4.69, 9.17) is 13.9 Å². The van der Waals surface area contributed by atoms with Gasteiger partial charge in [-0.3, -0.25) is 14.4 Å². The van der Waals surface area contributed by atoms with Crippen LogP contribution in [-0.4, -0.2) is 71.7 Å². The molecule has 1 aromatic heterocycles. The van der Waals surface area contributed by atoms with Gasteiger partial charge >= 0.3 is 0 Å². The lowest BCUT2D eigenvalue weighted by Crippen LogP contribution is -2.55. The Morgan fingerprint density at radius 1 is 1.27 bits per heavy atom. The molecule has 1 aliphatic carbocycles. The van der Waals surface area contributed by atoms with Gasteiger partial charge in [0.05, 0.1) is 38.2 Å². The molecule has 4 rings (SSSR count). The molecule has 37 heavy (non-hydrogen) atoms. The Kier molecular flexibility index (Phi) is 7.80. The second-order valence-electron chi connectivity index (χ2n) is 9.22. The molecule has 2 amide bonds. The first-order valence-electron chi connectivity index (χ1n) is 11.9. The molecule has 0 bridgehead atoms. The fourth-order valence-corrected chi connectivity index (χ4v) is 4.80. The van der Waals surface area contributed by atoms with Crippen LogP contribution in [0, 0.1) is 0 Å². The van der Waals surface area contributed by atoms with Crippen LogP contribution in [0.2, 0.25) is 0 Å². The van der Waals surface area contributed by atoms with E-state index in [-0.39, 0.29) is 31.2 Å². The van der Waals surface area contributed by atoms with Crippen LogP contribution in [0.1, 0.15) is 41.3 Å². The zero-order valence-electron chi connectivity index (χ0n) is 20.8. The molecule has 2 aromatic rings. The van der Waals surface area contributed by atoms with E-state index in [1.54, 1.807) is 32.1 Å². The number of carbonyl (C=O) groups excluding carboxylic acids is 3. The molecule has 10 heteroatoms. The second-order valence-corrected chi connectivity index (χ2v) is 9.22. The van der Waals surface area contributed by atoms with Gasteiger partial charge in [0.25, 0.3) is 0 Å². The van der Waals surface area contributed by atoms with E-state index >= 15 is 0 Å². The van der Waals surface area contributed by atoms with E-state index in [0.717, 1.165) is 5.57 Å². The molecular weight excluding hydrogens is 480 g/mol. The van der Waals surface area contributed by atoms with E-state index in [1.165, 1.54) is 36.7 Å². The lowest BCUT2D eigenvalue weighted by molar-refractivity contribution is -0.133. The number of carbonyl (C=O) groups is 3. The van der Waals surface area contributed by atoms with Gasteiger partial charge in [0.15, 0.2) is 11.5 Å². The zero-order chi connectivity index (χ0) is 26.7. The summed E-state index contributed by atoms with van der Waals surface area (Å²) in [6.07, 6.45) is 4.52. The van der Waals surface area contributed by atoms with Crippen molar-refractivity contribution in [1.82, 2.24) is 10.2 Å². The molecule has 4 unspecified atom stereocenters. The van der Waals surface area contributed by atoms with Gasteiger partial charge in [-0.2, -0.15) is 0 Å². The van der Waals surface area contributed by atoms with E-state index < -0.39 is 30.1 Å². The number of amides is 2. The Balaban J connectivity index is 1.84. The van der Waals surface area contributed by atoms with Gasteiger partial charge in [-0.1, -0.05) is 5.57 Å². The number of benzene rings is 1. The maximum atomic E-state index is 13.3. The van der Waals surface area contributed by atoms with Crippen LogP contribution in [0.15, 0.2) is 58.4 Å². The molecule has 2 heterocycles. The highest BCUT2D eigenvalue weighted by atomic mass is 16.5. The first-order valence-corrected chi connectivity index (χ1v) is 11.9. The van der Waals surface area contributed by atoms with Crippen molar-refractivity contribution in [2.45, 2.75) is 44.6 Å². The Hall–Kier alpha value is -3.89. The zero-order valence-corrected chi connectivity index (χ0v) is 20.8. The van der Waals surface area contributed by atoms with Crippen LogP contribution in [0.4, 0.5) is 0 Å².